The number of rotatable bonds is 4. The van der Waals surface area contributed by atoms with E-state index >= 15 is 0 Å². The number of carbonyl (C=O) groups excluding carboxylic acids is 1. The van der Waals surface area contributed by atoms with Gasteiger partial charge >= 0.3 is 0 Å². The van der Waals surface area contributed by atoms with E-state index in [1.54, 1.807) is 37.5 Å². The molecule has 2 N–H and O–H groups in total. The number of pyridine rings is 1. The van der Waals surface area contributed by atoms with Gasteiger partial charge in [-0.25, -0.2) is 9.37 Å². The second-order valence-electron chi connectivity index (χ2n) is 5.57. The molecule has 3 aromatic rings. The fourth-order valence-corrected chi connectivity index (χ4v) is 2.74. The molecule has 1 amide bonds. The number of aromatic amines is 1. The molecule has 2 aromatic heterocycles. The van der Waals surface area contributed by atoms with Crippen LogP contribution in [0, 0.1) is 12.7 Å². The molecule has 2 heterocycles. The van der Waals surface area contributed by atoms with Crippen molar-refractivity contribution in [2.75, 3.05) is 5.32 Å². The summed E-state index contributed by atoms with van der Waals surface area (Å²) in [6.45, 7) is 1.65. The molecule has 3 rings (SSSR count). The van der Waals surface area contributed by atoms with E-state index in [-0.39, 0.29) is 17.7 Å². The van der Waals surface area contributed by atoms with Gasteiger partial charge in [0.1, 0.15) is 11.6 Å². The van der Waals surface area contributed by atoms with Gasteiger partial charge in [-0.3, -0.25) is 14.6 Å². The highest BCUT2D eigenvalue weighted by Crippen LogP contribution is 2.19. The van der Waals surface area contributed by atoms with Crippen LogP contribution in [0.1, 0.15) is 11.3 Å². The Morgan fingerprint density at radius 1 is 1.35 bits per heavy atom. The lowest BCUT2D eigenvalue weighted by Gasteiger charge is -2.09. The largest absolute Gasteiger partial charge is 0.323 e. The number of halogens is 2. The van der Waals surface area contributed by atoms with Crippen molar-refractivity contribution < 1.29 is 9.18 Å². The SMILES string of the molecule is Cc1nc(-c2cccnc2)[nH]c(=O)c1CC(=O)Nc1ccc(Br)cc1F. The molecule has 0 spiro atoms. The van der Waals surface area contributed by atoms with Crippen LogP contribution in [-0.4, -0.2) is 20.9 Å². The number of anilines is 1. The summed E-state index contributed by atoms with van der Waals surface area (Å²) in [5.41, 5.74) is 0.960. The molecule has 0 aliphatic carbocycles. The quantitative estimate of drug-likeness (QED) is 0.683. The van der Waals surface area contributed by atoms with Crippen LogP contribution in [0.2, 0.25) is 0 Å². The zero-order valence-electron chi connectivity index (χ0n) is 13.7. The molecule has 132 valence electrons. The molecule has 0 atom stereocenters. The first-order valence-electron chi connectivity index (χ1n) is 7.69. The minimum Gasteiger partial charge on any atom is -0.323 e. The molecule has 6 nitrogen and oxygen atoms in total. The summed E-state index contributed by atoms with van der Waals surface area (Å²) in [7, 11) is 0. The Labute approximate surface area is 156 Å². The molecule has 0 bridgehead atoms. The van der Waals surface area contributed by atoms with Crippen LogP contribution in [0.4, 0.5) is 10.1 Å². The number of H-pyrrole nitrogens is 1. The minimum atomic E-state index is -0.566. The third kappa shape index (κ3) is 4.02. The fourth-order valence-electron chi connectivity index (χ4n) is 2.40. The summed E-state index contributed by atoms with van der Waals surface area (Å²) in [5.74, 6) is -0.692. The predicted octanol–water partition coefficient (Wildman–Crippen LogP) is 3.22. The average molecular weight is 417 g/mol. The number of nitrogens with one attached hydrogen (secondary N) is 2. The standard InChI is InChI=1S/C18H14BrFN4O2/c1-10-13(8-16(25)23-15-5-4-12(19)7-14(15)20)18(26)24-17(22-10)11-3-2-6-21-9-11/h2-7,9H,8H2,1H3,(H,23,25)(H,22,24,26). The van der Waals surface area contributed by atoms with Crippen molar-refractivity contribution in [1.82, 2.24) is 15.0 Å². The van der Waals surface area contributed by atoms with E-state index in [0.717, 1.165) is 0 Å². The molecule has 0 saturated heterocycles. The first-order chi connectivity index (χ1) is 12.4. The van der Waals surface area contributed by atoms with Crippen molar-refractivity contribution >= 4 is 27.5 Å². The van der Waals surface area contributed by atoms with Crippen molar-refractivity contribution in [1.29, 1.82) is 0 Å². The van der Waals surface area contributed by atoms with Gasteiger partial charge in [0.25, 0.3) is 5.56 Å². The van der Waals surface area contributed by atoms with Gasteiger partial charge in [0, 0.05) is 33.7 Å². The van der Waals surface area contributed by atoms with E-state index in [9.17, 15) is 14.0 Å². The highest BCUT2D eigenvalue weighted by atomic mass is 79.9. The summed E-state index contributed by atoms with van der Waals surface area (Å²) >= 11 is 3.15. The molecule has 0 radical (unpaired) electrons. The van der Waals surface area contributed by atoms with Crippen LogP contribution in [0.15, 0.2) is 52.0 Å². The highest BCUT2D eigenvalue weighted by Gasteiger charge is 2.15. The molecule has 26 heavy (non-hydrogen) atoms. The molecular weight excluding hydrogens is 403 g/mol. The first-order valence-corrected chi connectivity index (χ1v) is 8.48. The van der Waals surface area contributed by atoms with Gasteiger partial charge in [-0.1, -0.05) is 15.9 Å². The van der Waals surface area contributed by atoms with E-state index in [1.165, 1.54) is 12.1 Å². The Kier molecular flexibility index (Phi) is 5.22. The summed E-state index contributed by atoms with van der Waals surface area (Å²) in [6.07, 6.45) is 2.99. The predicted molar refractivity (Wildman–Crippen MR) is 99.3 cm³/mol. The minimum absolute atomic E-state index is 0.0484. The molecule has 0 fully saturated rings. The molecule has 8 heteroatoms. The maximum Gasteiger partial charge on any atom is 0.255 e. The van der Waals surface area contributed by atoms with Crippen LogP contribution in [0.5, 0.6) is 0 Å². The molecule has 0 aliphatic rings. The number of hydrogen-bond acceptors (Lipinski definition) is 4. The van der Waals surface area contributed by atoms with Gasteiger partial charge in [0.2, 0.25) is 5.91 Å². The van der Waals surface area contributed by atoms with Gasteiger partial charge in [-0.2, -0.15) is 0 Å². The topological polar surface area (TPSA) is 87.7 Å². The Hall–Kier alpha value is -2.87. The Balaban J connectivity index is 1.81. The van der Waals surface area contributed by atoms with E-state index < -0.39 is 17.3 Å². The first kappa shape index (κ1) is 17.9. The van der Waals surface area contributed by atoms with Crippen molar-refractivity contribution in [3.63, 3.8) is 0 Å². The molecule has 0 saturated carbocycles. The van der Waals surface area contributed by atoms with Gasteiger partial charge < -0.3 is 10.3 Å². The molecular formula is C18H14BrFN4O2. The maximum atomic E-state index is 13.8. The summed E-state index contributed by atoms with van der Waals surface area (Å²) in [5, 5.41) is 2.46. The number of benzene rings is 1. The van der Waals surface area contributed by atoms with Crippen molar-refractivity contribution in [3.8, 4) is 11.4 Å². The second kappa shape index (κ2) is 7.57. The molecule has 0 unspecified atom stereocenters. The summed E-state index contributed by atoms with van der Waals surface area (Å²) in [6, 6.07) is 7.81. The second-order valence-corrected chi connectivity index (χ2v) is 6.48. The van der Waals surface area contributed by atoms with Crippen molar-refractivity contribution in [3.05, 3.63) is 74.6 Å². The van der Waals surface area contributed by atoms with Crippen LogP contribution < -0.4 is 10.9 Å². The number of aromatic nitrogens is 3. The lowest BCUT2D eigenvalue weighted by Crippen LogP contribution is -2.24. The average Bonchev–Trinajstić information content (AvgIpc) is 2.61. The normalized spacial score (nSPS) is 10.6. The smallest absolute Gasteiger partial charge is 0.255 e. The Morgan fingerprint density at radius 3 is 2.81 bits per heavy atom. The van der Waals surface area contributed by atoms with Crippen LogP contribution in [0.25, 0.3) is 11.4 Å². The number of aryl methyl sites for hydroxylation is 1. The van der Waals surface area contributed by atoms with Gasteiger partial charge in [0.05, 0.1) is 12.1 Å². The zero-order chi connectivity index (χ0) is 18.7. The van der Waals surface area contributed by atoms with Gasteiger partial charge in [0.15, 0.2) is 0 Å². The number of nitrogens with zero attached hydrogens (tertiary/aromatic N) is 2. The van der Waals surface area contributed by atoms with Crippen LogP contribution in [0.3, 0.4) is 0 Å². The monoisotopic (exact) mass is 416 g/mol. The Morgan fingerprint density at radius 2 is 2.15 bits per heavy atom. The summed E-state index contributed by atoms with van der Waals surface area (Å²) < 4.78 is 14.4. The lowest BCUT2D eigenvalue weighted by molar-refractivity contribution is -0.115. The van der Waals surface area contributed by atoms with Gasteiger partial charge in [-0.15, -0.1) is 0 Å². The highest BCUT2D eigenvalue weighted by molar-refractivity contribution is 9.10. The lowest BCUT2D eigenvalue weighted by atomic mass is 10.1. The fraction of sp³-hybridized carbons (Fsp3) is 0.111. The third-order valence-corrected chi connectivity index (χ3v) is 4.19. The van der Waals surface area contributed by atoms with Gasteiger partial charge in [-0.05, 0) is 37.3 Å². The van der Waals surface area contributed by atoms with Crippen molar-refractivity contribution in [2.45, 2.75) is 13.3 Å². The number of hydrogen-bond donors (Lipinski definition) is 2. The Bertz CT molecular complexity index is 1020. The van der Waals surface area contributed by atoms with Crippen LogP contribution >= 0.6 is 15.9 Å². The third-order valence-electron chi connectivity index (χ3n) is 3.70. The molecule has 0 aliphatic heterocycles. The number of carbonyl (C=O) groups is 1. The zero-order valence-corrected chi connectivity index (χ0v) is 15.3. The van der Waals surface area contributed by atoms with E-state index in [4.69, 9.17) is 0 Å². The maximum absolute atomic E-state index is 13.8. The molecule has 1 aromatic carbocycles. The van der Waals surface area contributed by atoms with Crippen molar-refractivity contribution in [2.24, 2.45) is 0 Å². The summed E-state index contributed by atoms with van der Waals surface area (Å²) in [4.78, 5) is 35.5. The van der Waals surface area contributed by atoms with E-state index in [1.807, 2.05) is 0 Å². The van der Waals surface area contributed by atoms with E-state index in [2.05, 4.69) is 36.2 Å². The van der Waals surface area contributed by atoms with Crippen LogP contribution in [-0.2, 0) is 11.2 Å². The number of amides is 1. The van der Waals surface area contributed by atoms with E-state index in [0.29, 0.717) is 21.6 Å².